The van der Waals surface area contributed by atoms with Crippen molar-refractivity contribution in [1.29, 1.82) is 5.26 Å². The van der Waals surface area contributed by atoms with E-state index in [4.69, 9.17) is 5.26 Å². The van der Waals surface area contributed by atoms with Gasteiger partial charge in [-0.3, -0.25) is 0 Å². The van der Waals surface area contributed by atoms with E-state index in [1.54, 1.807) is 0 Å². The highest BCUT2D eigenvalue weighted by Gasteiger charge is 2.04. The number of benzene rings is 1. The zero-order valence-corrected chi connectivity index (χ0v) is 12.7. The lowest BCUT2D eigenvalue weighted by Crippen LogP contribution is -2.39. The molecule has 0 amide bonds. The highest BCUT2D eigenvalue weighted by atomic mass is 15.3. The van der Waals surface area contributed by atoms with Crippen molar-refractivity contribution in [2.24, 2.45) is 4.99 Å². The van der Waals surface area contributed by atoms with Crippen LogP contribution in [0.15, 0.2) is 29.3 Å². The number of nitrogens with zero attached hydrogens (tertiary/aromatic N) is 3. The van der Waals surface area contributed by atoms with Gasteiger partial charge in [-0.15, -0.1) is 0 Å². The monoisotopic (exact) mass is 272 g/mol. The van der Waals surface area contributed by atoms with Gasteiger partial charge in [0.25, 0.3) is 0 Å². The fraction of sp³-hybridized carbons (Fsp3) is 0.500. The van der Waals surface area contributed by atoms with Crippen molar-refractivity contribution in [3.05, 3.63) is 35.4 Å². The molecule has 0 aliphatic rings. The topological polar surface area (TPSA) is 51.4 Å². The first-order chi connectivity index (χ1) is 9.71. The molecule has 0 aliphatic heterocycles. The van der Waals surface area contributed by atoms with Crippen LogP contribution in [0.3, 0.4) is 0 Å². The largest absolute Gasteiger partial charge is 0.357 e. The predicted molar refractivity (Wildman–Crippen MR) is 83.5 cm³/mol. The van der Waals surface area contributed by atoms with E-state index in [1.165, 1.54) is 6.42 Å². The van der Waals surface area contributed by atoms with Crippen LogP contribution in [0.4, 0.5) is 0 Å². The standard InChI is InChI=1S/C16H24N4/c1-4-6-10-20(3)16(18-5-2)19-13-15-9-7-8-14(11-15)12-17/h7-9,11H,4-6,10,13H2,1-3H3,(H,18,19). The van der Waals surface area contributed by atoms with E-state index >= 15 is 0 Å². The van der Waals surface area contributed by atoms with Gasteiger partial charge in [0, 0.05) is 20.1 Å². The summed E-state index contributed by atoms with van der Waals surface area (Å²) in [6.07, 6.45) is 2.33. The maximum Gasteiger partial charge on any atom is 0.193 e. The average Bonchev–Trinajstić information content (AvgIpc) is 2.49. The molecule has 0 radical (unpaired) electrons. The lowest BCUT2D eigenvalue weighted by molar-refractivity contribution is 0.465. The van der Waals surface area contributed by atoms with E-state index in [1.807, 2.05) is 24.3 Å². The first kappa shape index (κ1) is 16.0. The van der Waals surface area contributed by atoms with Gasteiger partial charge in [0.2, 0.25) is 0 Å². The Hall–Kier alpha value is -2.02. The summed E-state index contributed by atoms with van der Waals surface area (Å²) in [6.45, 7) is 6.70. The molecule has 0 saturated carbocycles. The van der Waals surface area contributed by atoms with Crippen LogP contribution in [0.2, 0.25) is 0 Å². The number of nitriles is 1. The number of nitrogens with one attached hydrogen (secondary N) is 1. The van der Waals surface area contributed by atoms with Gasteiger partial charge in [0.05, 0.1) is 18.2 Å². The number of hydrogen-bond acceptors (Lipinski definition) is 2. The van der Waals surface area contributed by atoms with Crippen LogP contribution < -0.4 is 5.32 Å². The zero-order chi connectivity index (χ0) is 14.8. The molecular formula is C16H24N4. The maximum atomic E-state index is 8.90. The van der Waals surface area contributed by atoms with Gasteiger partial charge in [0.15, 0.2) is 5.96 Å². The summed E-state index contributed by atoms with van der Waals surface area (Å²) in [4.78, 5) is 6.79. The number of aliphatic imine (C=N–C) groups is 1. The van der Waals surface area contributed by atoms with Crippen molar-refractivity contribution in [2.45, 2.75) is 33.2 Å². The number of hydrogen-bond donors (Lipinski definition) is 1. The van der Waals surface area contributed by atoms with Gasteiger partial charge >= 0.3 is 0 Å². The Labute approximate surface area is 122 Å². The van der Waals surface area contributed by atoms with Crippen LogP contribution in [-0.4, -0.2) is 31.0 Å². The van der Waals surface area contributed by atoms with Gasteiger partial charge in [-0.2, -0.15) is 5.26 Å². The zero-order valence-electron chi connectivity index (χ0n) is 12.7. The number of guanidine groups is 1. The molecule has 1 N–H and O–H groups in total. The van der Waals surface area contributed by atoms with Gasteiger partial charge < -0.3 is 10.2 Å². The van der Waals surface area contributed by atoms with Crippen molar-refractivity contribution in [2.75, 3.05) is 20.1 Å². The average molecular weight is 272 g/mol. The summed E-state index contributed by atoms with van der Waals surface area (Å²) in [5.74, 6) is 0.920. The van der Waals surface area contributed by atoms with E-state index in [2.05, 4.69) is 42.2 Å². The van der Waals surface area contributed by atoms with Crippen LogP contribution in [-0.2, 0) is 6.54 Å². The number of rotatable bonds is 6. The summed E-state index contributed by atoms with van der Waals surface area (Å²) in [5, 5.41) is 12.2. The van der Waals surface area contributed by atoms with Crippen LogP contribution >= 0.6 is 0 Å². The third-order valence-corrected chi connectivity index (χ3v) is 3.01. The van der Waals surface area contributed by atoms with Gasteiger partial charge in [-0.05, 0) is 31.0 Å². The second-order valence-corrected chi connectivity index (χ2v) is 4.76. The second-order valence-electron chi connectivity index (χ2n) is 4.76. The summed E-state index contributed by atoms with van der Waals surface area (Å²) >= 11 is 0. The van der Waals surface area contributed by atoms with E-state index < -0.39 is 0 Å². The molecule has 108 valence electrons. The summed E-state index contributed by atoms with van der Waals surface area (Å²) in [5.41, 5.74) is 1.74. The van der Waals surface area contributed by atoms with Crippen molar-refractivity contribution in [3.8, 4) is 6.07 Å². The fourth-order valence-corrected chi connectivity index (χ4v) is 1.88. The van der Waals surface area contributed by atoms with Gasteiger partial charge in [-0.1, -0.05) is 25.5 Å². The van der Waals surface area contributed by atoms with Gasteiger partial charge in [-0.25, -0.2) is 4.99 Å². The van der Waals surface area contributed by atoms with E-state index in [0.717, 1.165) is 31.0 Å². The Morgan fingerprint density at radius 1 is 1.40 bits per heavy atom. The Balaban J connectivity index is 2.73. The summed E-state index contributed by atoms with van der Waals surface area (Å²) < 4.78 is 0. The normalized spacial score (nSPS) is 11.0. The molecule has 0 aliphatic carbocycles. The summed E-state index contributed by atoms with van der Waals surface area (Å²) in [6, 6.07) is 9.76. The van der Waals surface area contributed by atoms with Crippen molar-refractivity contribution in [1.82, 2.24) is 10.2 Å². The smallest absolute Gasteiger partial charge is 0.193 e. The second kappa shape index (κ2) is 8.98. The van der Waals surface area contributed by atoms with Crippen LogP contribution in [0, 0.1) is 11.3 Å². The molecule has 4 heteroatoms. The first-order valence-corrected chi connectivity index (χ1v) is 7.19. The van der Waals surface area contributed by atoms with Crippen LogP contribution in [0.5, 0.6) is 0 Å². The lowest BCUT2D eigenvalue weighted by Gasteiger charge is -2.21. The molecule has 0 saturated heterocycles. The lowest BCUT2D eigenvalue weighted by atomic mass is 10.1. The predicted octanol–water partition coefficient (Wildman–Crippen LogP) is 2.76. The molecule has 0 atom stereocenters. The Morgan fingerprint density at radius 2 is 2.20 bits per heavy atom. The minimum atomic E-state index is 0.592. The minimum Gasteiger partial charge on any atom is -0.357 e. The Bertz CT molecular complexity index is 474. The molecule has 0 unspecified atom stereocenters. The molecule has 0 spiro atoms. The van der Waals surface area contributed by atoms with E-state index in [-0.39, 0.29) is 0 Å². The van der Waals surface area contributed by atoms with Crippen molar-refractivity contribution in [3.63, 3.8) is 0 Å². The quantitative estimate of drug-likeness (QED) is 0.640. The van der Waals surface area contributed by atoms with Gasteiger partial charge in [0.1, 0.15) is 0 Å². The van der Waals surface area contributed by atoms with E-state index in [0.29, 0.717) is 12.1 Å². The molecule has 0 heterocycles. The SMILES string of the molecule is CCCCN(C)C(=NCc1cccc(C#N)c1)NCC. The molecule has 1 rings (SSSR count). The fourth-order valence-electron chi connectivity index (χ4n) is 1.88. The third-order valence-electron chi connectivity index (χ3n) is 3.01. The molecule has 1 aromatic carbocycles. The van der Waals surface area contributed by atoms with Crippen molar-refractivity contribution >= 4 is 5.96 Å². The van der Waals surface area contributed by atoms with E-state index in [9.17, 15) is 0 Å². The van der Waals surface area contributed by atoms with Crippen molar-refractivity contribution < 1.29 is 0 Å². The first-order valence-electron chi connectivity index (χ1n) is 7.19. The van der Waals surface area contributed by atoms with Crippen LogP contribution in [0.25, 0.3) is 0 Å². The highest BCUT2D eigenvalue weighted by Crippen LogP contribution is 2.06. The highest BCUT2D eigenvalue weighted by molar-refractivity contribution is 5.79. The molecule has 0 fully saturated rings. The maximum absolute atomic E-state index is 8.90. The van der Waals surface area contributed by atoms with Crippen LogP contribution in [0.1, 0.15) is 37.8 Å². The number of unbranched alkanes of at least 4 members (excludes halogenated alkanes) is 1. The Morgan fingerprint density at radius 3 is 2.85 bits per heavy atom. The molecular weight excluding hydrogens is 248 g/mol. The molecule has 20 heavy (non-hydrogen) atoms. The molecule has 4 nitrogen and oxygen atoms in total. The third kappa shape index (κ3) is 5.31. The molecule has 0 bridgehead atoms. The Kier molecular flexibility index (Phi) is 7.20. The summed E-state index contributed by atoms with van der Waals surface area (Å²) in [7, 11) is 2.06. The minimum absolute atomic E-state index is 0.592. The molecule has 0 aromatic heterocycles. The molecule has 1 aromatic rings.